The van der Waals surface area contributed by atoms with Crippen LogP contribution in [0.5, 0.6) is 0 Å². The lowest BCUT2D eigenvalue weighted by Gasteiger charge is -2.36. The van der Waals surface area contributed by atoms with E-state index < -0.39 is 0 Å². The molecule has 1 aliphatic heterocycles. The molecule has 0 bridgehead atoms. The van der Waals surface area contributed by atoms with Crippen LogP contribution in [0, 0.1) is 23.7 Å². The molecule has 0 saturated carbocycles. The Morgan fingerprint density at radius 2 is 1.65 bits per heavy atom. The summed E-state index contributed by atoms with van der Waals surface area (Å²) < 4.78 is 0. The van der Waals surface area contributed by atoms with E-state index in [9.17, 15) is 0 Å². The van der Waals surface area contributed by atoms with Crippen LogP contribution >= 0.6 is 0 Å². The molecule has 1 N–H and O–H groups in total. The average Bonchev–Trinajstić information content (AvgIpc) is 2.14. The number of rotatable bonds is 6. The van der Waals surface area contributed by atoms with Crippen LogP contribution in [0.1, 0.15) is 41.0 Å². The smallest absolute Gasteiger partial charge is 0.00194 e. The minimum absolute atomic E-state index is 0.761. The topological polar surface area (TPSA) is 15.3 Å². The van der Waals surface area contributed by atoms with Crippen molar-refractivity contribution in [3.63, 3.8) is 0 Å². The van der Waals surface area contributed by atoms with Crippen molar-refractivity contribution in [3.05, 3.63) is 0 Å². The van der Waals surface area contributed by atoms with E-state index in [0.29, 0.717) is 0 Å². The molecule has 1 rings (SSSR count). The van der Waals surface area contributed by atoms with Gasteiger partial charge in [0.05, 0.1) is 0 Å². The number of hydrogen-bond acceptors (Lipinski definition) is 2. The monoisotopic (exact) mass is 240 g/mol. The molecule has 0 aliphatic carbocycles. The maximum atomic E-state index is 3.57. The van der Waals surface area contributed by atoms with Gasteiger partial charge in [-0.2, -0.15) is 0 Å². The zero-order valence-electron chi connectivity index (χ0n) is 12.5. The predicted octanol–water partition coefficient (Wildman–Crippen LogP) is 2.85. The molecule has 1 fully saturated rings. The second-order valence-corrected chi connectivity index (χ2v) is 6.82. The van der Waals surface area contributed by atoms with E-state index in [1.165, 1.54) is 26.1 Å². The molecular weight excluding hydrogens is 208 g/mol. The van der Waals surface area contributed by atoms with E-state index in [-0.39, 0.29) is 0 Å². The van der Waals surface area contributed by atoms with Crippen LogP contribution in [0.3, 0.4) is 0 Å². The summed E-state index contributed by atoms with van der Waals surface area (Å²) in [5.41, 5.74) is 0. The third-order valence-corrected chi connectivity index (χ3v) is 3.56. The molecule has 0 spiro atoms. The highest BCUT2D eigenvalue weighted by Gasteiger charge is 2.22. The molecule has 3 unspecified atom stereocenters. The summed E-state index contributed by atoms with van der Waals surface area (Å²) >= 11 is 0. The van der Waals surface area contributed by atoms with E-state index in [1.807, 2.05) is 0 Å². The Morgan fingerprint density at radius 1 is 1.06 bits per heavy atom. The molecule has 1 saturated heterocycles. The van der Waals surface area contributed by atoms with Crippen LogP contribution < -0.4 is 5.32 Å². The van der Waals surface area contributed by atoms with Gasteiger partial charge in [-0.25, -0.2) is 0 Å². The Balaban J connectivity index is 2.18. The first-order valence-electron chi connectivity index (χ1n) is 7.40. The molecule has 17 heavy (non-hydrogen) atoms. The van der Waals surface area contributed by atoms with Crippen LogP contribution in [-0.4, -0.2) is 37.6 Å². The van der Waals surface area contributed by atoms with Crippen molar-refractivity contribution in [1.29, 1.82) is 0 Å². The first-order valence-corrected chi connectivity index (χ1v) is 7.40. The third kappa shape index (κ3) is 6.42. The molecule has 0 radical (unpaired) electrons. The van der Waals surface area contributed by atoms with E-state index >= 15 is 0 Å². The van der Waals surface area contributed by atoms with Crippen molar-refractivity contribution in [2.24, 2.45) is 23.7 Å². The lowest BCUT2D eigenvalue weighted by molar-refractivity contribution is 0.124. The summed E-state index contributed by atoms with van der Waals surface area (Å²) in [6.45, 7) is 17.9. The van der Waals surface area contributed by atoms with Gasteiger partial charge in [0, 0.05) is 19.6 Å². The Labute approximate surface area is 108 Å². The number of nitrogens with one attached hydrogen (secondary N) is 1. The molecule has 0 aromatic rings. The Hall–Kier alpha value is -0.0800. The summed E-state index contributed by atoms with van der Waals surface area (Å²) in [6, 6.07) is 0. The van der Waals surface area contributed by atoms with Gasteiger partial charge >= 0.3 is 0 Å². The second kappa shape index (κ2) is 7.38. The van der Waals surface area contributed by atoms with Gasteiger partial charge < -0.3 is 10.2 Å². The number of piperidine rings is 1. The number of nitrogens with zero attached hydrogens (tertiary/aromatic N) is 1. The van der Waals surface area contributed by atoms with Crippen molar-refractivity contribution < 1.29 is 0 Å². The van der Waals surface area contributed by atoms with Crippen LogP contribution in [0.15, 0.2) is 0 Å². The maximum absolute atomic E-state index is 3.57. The zero-order chi connectivity index (χ0) is 12.8. The standard InChI is InChI=1S/C15H32N2/c1-12(2)7-16-8-15(5)11-17-9-13(3)6-14(4)10-17/h12-16H,6-11H2,1-5H3. The van der Waals surface area contributed by atoms with Crippen LogP contribution in [0.25, 0.3) is 0 Å². The fourth-order valence-electron chi connectivity index (χ4n) is 3.06. The first-order chi connectivity index (χ1) is 7.97. The lowest BCUT2D eigenvalue weighted by atomic mass is 9.91. The van der Waals surface area contributed by atoms with Crippen LogP contribution in [0.2, 0.25) is 0 Å². The summed E-state index contributed by atoms with van der Waals surface area (Å²) in [5.74, 6) is 3.30. The number of likely N-dealkylation sites (tertiary alicyclic amines) is 1. The molecule has 1 aliphatic rings. The van der Waals surface area contributed by atoms with Gasteiger partial charge in [0.1, 0.15) is 0 Å². The highest BCUT2D eigenvalue weighted by Crippen LogP contribution is 2.21. The van der Waals surface area contributed by atoms with Crippen molar-refractivity contribution in [1.82, 2.24) is 10.2 Å². The highest BCUT2D eigenvalue weighted by atomic mass is 15.1. The summed E-state index contributed by atoms with van der Waals surface area (Å²) in [7, 11) is 0. The molecule has 3 atom stereocenters. The molecule has 2 nitrogen and oxygen atoms in total. The van der Waals surface area contributed by atoms with Gasteiger partial charge in [-0.15, -0.1) is 0 Å². The Kier molecular flexibility index (Phi) is 6.50. The second-order valence-electron chi connectivity index (χ2n) is 6.82. The fourth-order valence-corrected chi connectivity index (χ4v) is 3.06. The van der Waals surface area contributed by atoms with Crippen LogP contribution in [-0.2, 0) is 0 Å². The van der Waals surface area contributed by atoms with Gasteiger partial charge in [-0.05, 0) is 43.2 Å². The average molecular weight is 240 g/mol. The molecule has 0 aromatic carbocycles. The Bertz CT molecular complexity index is 193. The van der Waals surface area contributed by atoms with Crippen molar-refractivity contribution in [3.8, 4) is 0 Å². The minimum atomic E-state index is 0.761. The largest absolute Gasteiger partial charge is 0.316 e. The van der Waals surface area contributed by atoms with Crippen molar-refractivity contribution in [2.75, 3.05) is 32.7 Å². The minimum Gasteiger partial charge on any atom is -0.316 e. The highest BCUT2D eigenvalue weighted by molar-refractivity contribution is 4.76. The quantitative estimate of drug-likeness (QED) is 0.768. The van der Waals surface area contributed by atoms with Gasteiger partial charge in [0.15, 0.2) is 0 Å². The third-order valence-electron chi connectivity index (χ3n) is 3.56. The fraction of sp³-hybridized carbons (Fsp3) is 1.00. The molecule has 1 heterocycles. The summed E-state index contributed by atoms with van der Waals surface area (Å²) in [5, 5.41) is 3.57. The Morgan fingerprint density at radius 3 is 2.18 bits per heavy atom. The van der Waals surface area contributed by atoms with Gasteiger partial charge in [-0.1, -0.05) is 34.6 Å². The van der Waals surface area contributed by atoms with Crippen molar-refractivity contribution in [2.45, 2.75) is 41.0 Å². The maximum Gasteiger partial charge on any atom is 0.00194 e. The predicted molar refractivity (Wildman–Crippen MR) is 76.3 cm³/mol. The van der Waals surface area contributed by atoms with Crippen LogP contribution in [0.4, 0.5) is 0 Å². The van der Waals surface area contributed by atoms with Gasteiger partial charge in [0.2, 0.25) is 0 Å². The van der Waals surface area contributed by atoms with Gasteiger partial charge in [0.25, 0.3) is 0 Å². The molecule has 0 aromatic heterocycles. The SMILES string of the molecule is CC(C)CNCC(C)CN1CC(C)CC(C)C1. The van der Waals surface area contributed by atoms with E-state index in [4.69, 9.17) is 0 Å². The first kappa shape index (κ1) is 15.0. The molecular formula is C15H32N2. The van der Waals surface area contributed by atoms with E-state index in [0.717, 1.165) is 36.8 Å². The number of hydrogen-bond donors (Lipinski definition) is 1. The van der Waals surface area contributed by atoms with E-state index in [2.05, 4.69) is 44.8 Å². The normalized spacial score (nSPS) is 28.6. The molecule has 102 valence electrons. The summed E-state index contributed by atoms with van der Waals surface area (Å²) in [6.07, 6.45) is 1.41. The zero-order valence-corrected chi connectivity index (χ0v) is 12.5. The van der Waals surface area contributed by atoms with Crippen molar-refractivity contribution >= 4 is 0 Å². The van der Waals surface area contributed by atoms with Gasteiger partial charge in [-0.3, -0.25) is 0 Å². The summed E-state index contributed by atoms with van der Waals surface area (Å²) in [4.78, 5) is 2.67. The molecule has 2 heteroatoms. The lowest BCUT2D eigenvalue weighted by Crippen LogP contribution is -2.42. The van der Waals surface area contributed by atoms with E-state index in [1.54, 1.807) is 0 Å². The molecule has 0 amide bonds.